The number of hydrogen-bond donors (Lipinski definition) is 0. The Kier molecular flexibility index (Phi) is 4.02. The standard InChI is InChI=1S/C15H14BrFO/c1-10-6-8-11(9-7-10)15(16)14-12(17)4-3-5-13(14)18-2/h3-9,15H,1-2H3. The highest BCUT2D eigenvalue weighted by atomic mass is 79.9. The predicted octanol–water partition coefficient (Wildman–Crippen LogP) is 4.63. The van der Waals surface area contributed by atoms with Crippen molar-refractivity contribution in [2.75, 3.05) is 7.11 Å². The molecule has 0 radical (unpaired) electrons. The first-order valence-electron chi connectivity index (χ1n) is 5.66. The van der Waals surface area contributed by atoms with Crippen LogP contribution in [0.1, 0.15) is 21.5 Å². The minimum absolute atomic E-state index is 0.214. The van der Waals surface area contributed by atoms with Crippen LogP contribution in [0.4, 0.5) is 4.39 Å². The number of aryl methyl sites for hydroxylation is 1. The van der Waals surface area contributed by atoms with E-state index in [-0.39, 0.29) is 10.6 Å². The fourth-order valence-corrected chi connectivity index (χ4v) is 2.59. The zero-order chi connectivity index (χ0) is 13.1. The van der Waals surface area contributed by atoms with E-state index in [9.17, 15) is 4.39 Å². The molecule has 3 heteroatoms. The maximum Gasteiger partial charge on any atom is 0.131 e. The second kappa shape index (κ2) is 5.53. The third-order valence-corrected chi connectivity index (χ3v) is 3.84. The molecule has 0 saturated carbocycles. The average Bonchev–Trinajstić information content (AvgIpc) is 2.38. The van der Waals surface area contributed by atoms with Crippen LogP contribution in [0.25, 0.3) is 0 Å². The van der Waals surface area contributed by atoms with Gasteiger partial charge in [-0.2, -0.15) is 0 Å². The molecule has 0 bridgehead atoms. The molecule has 0 aliphatic carbocycles. The summed E-state index contributed by atoms with van der Waals surface area (Å²) >= 11 is 3.54. The number of halogens is 2. The summed E-state index contributed by atoms with van der Waals surface area (Å²) in [4.78, 5) is -0.214. The van der Waals surface area contributed by atoms with E-state index in [1.807, 2.05) is 31.2 Å². The zero-order valence-corrected chi connectivity index (χ0v) is 11.9. The second-order valence-corrected chi connectivity index (χ2v) is 5.04. The number of hydrogen-bond acceptors (Lipinski definition) is 1. The molecule has 0 heterocycles. The Balaban J connectivity index is 2.45. The van der Waals surface area contributed by atoms with Crippen LogP contribution in [0.2, 0.25) is 0 Å². The molecule has 2 aromatic carbocycles. The molecular weight excluding hydrogens is 295 g/mol. The number of benzene rings is 2. The van der Waals surface area contributed by atoms with Gasteiger partial charge < -0.3 is 4.74 Å². The lowest BCUT2D eigenvalue weighted by Crippen LogP contribution is -2.00. The summed E-state index contributed by atoms with van der Waals surface area (Å²) in [6, 6.07) is 12.8. The summed E-state index contributed by atoms with van der Waals surface area (Å²) in [6.07, 6.45) is 0. The quantitative estimate of drug-likeness (QED) is 0.751. The Hall–Kier alpha value is -1.35. The van der Waals surface area contributed by atoms with Crippen molar-refractivity contribution in [3.8, 4) is 5.75 Å². The highest BCUT2D eigenvalue weighted by Gasteiger charge is 2.19. The van der Waals surface area contributed by atoms with Gasteiger partial charge in [0.15, 0.2) is 0 Å². The molecule has 0 aromatic heterocycles. The maximum atomic E-state index is 13.9. The second-order valence-electron chi connectivity index (χ2n) is 4.13. The van der Waals surface area contributed by atoms with Gasteiger partial charge in [-0.15, -0.1) is 0 Å². The molecule has 0 aliphatic rings. The van der Waals surface area contributed by atoms with Crippen molar-refractivity contribution < 1.29 is 9.13 Å². The summed E-state index contributed by atoms with van der Waals surface area (Å²) in [6.45, 7) is 2.02. The van der Waals surface area contributed by atoms with E-state index in [2.05, 4.69) is 15.9 Å². The minimum atomic E-state index is -0.267. The fourth-order valence-electron chi connectivity index (χ4n) is 1.84. The van der Waals surface area contributed by atoms with Gasteiger partial charge in [-0.3, -0.25) is 0 Å². The van der Waals surface area contributed by atoms with Crippen LogP contribution in [0, 0.1) is 12.7 Å². The third-order valence-electron chi connectivity index (χ3n) is 2.86. The van der Waals surface area contributed by atoms with Crippen LogP contribution in [0.5, 0.6) is 5.75 Å². The van der Waals surface area contributed by atoms with Crippen LogP contribution in [-0.4, -0.2) is 7.11 Å². The van der Waals surface area contributed by atoms with E-state index < -0.39 is 0 Å². The normalized spacial score (nSPS) is 12.2. The Labute approximate surface area is 115 Å². The highest BCUT2D eigenvalue weighted by molar-refractivity contribution is 9.09. The summed E-state index contributed by atoms with van der Waals surface area (Å²) in [7, 11) is 1.55. The summed E-state index contributed by atoms with van der Waals surface area (Å²) in [5.41, 5.74) is 2.71. The summed E-state index contributed by atoms with van der Waals surface area (Å²) < 4.78 is 19.2. The number of methoxy groups -OCH3 is 1. The molecule has 1 unspecified atom stereocenters. The molecular formula is C15H14BrFO. The summed E-state index contributed by atoms with van der Waals surface area (Å²) in [5, 5.41) is 0. The molecule has 0 N–H and O–H groups in total. The van der Waals surface area contributed by atoms with Crippen molar-refractivity contribution >= 4 is 15.9 Å². The highest BCUT2D eigenvalue weighted by Crippen LogP contribution is 2.38. The Morgan fingerprint density at radius 2 is 1.78 bits per heavy atom. The van der Waals surface area contributed by atoms with Crippen LogP contribution in [0.3, 0.4) is 0 Å². The molecule has 18 heavy (non-hydrogen) atoms. The number of alkyl halides is 1. The van der Waals surface area contributed by atoms with Gasteiger partial charge in [0.05, 0.1) is 11.9 Å². The Bertz CT molecular complexity index is 537. The van der Waals surface area contributed by atoms with E-state index in [0.717, 1.165) is 5.56 Å². The molecule has 0 saturated heterocycles. The lowest BCUT2D eigenvalue weighted by Gasteiger charge is -2.15. The molecule has 2 rings (SSSR count). The van der Waals surface area contributed by atoms with E-state index in [1.165, 1.54) is 11.6 Å². The fraction of sp³-hybridized carbons (Fsp3) is 0.200. The SMILES string of the molecule is COc1cccc(F)c1C(Br)c1ccc(C)cc1. The van der Waals surface area contributed by atoms with Gasteiger partial charge in [-0.05, 0) is 24.6 Å². The number of ether oxygens (including phenoxy) is 1. The number of rotatable bonds is 3. The first-order chi connectivity index (χ1) is 8.63. The Morgan fingerprint density at radius 1 is 1.11 bits per heavy atom. The van der Waals surface area contributed by atoms with Gasteiger partial charge in [0, 0.05) is 5.56 Å². The van der Waals surface area contributed by atoms with E-state index in [0.29, 0.717) is 11.3 Å². The zero-order valence-electron chi connectivity index (χ0n) is 10.3. The molecule has 0 amide bonds. The monoisotopic (exact) mass is 308 g/mol. The van der Waals surface area contributed by atoms with Crippen molar-refractivity contribution in [1.29, 1.82) is 0 Å². The smallest absolute Gasteiger partial charge is 0.131 e. The lowest BCUT2D eigenvalue weighted by atomic mass is 10.0. The summed E-state index contributed by atoms with van der Waals surface area (Å²) in [5.74, 6) is 0.286. The van der Waals surface area contributed by atoms with Crippen molar-refractivity contribution in [1.82, 2.24) is 0 Å². The molecule has 2 aromatic rings. The van der Waals surface area contributed by atoms with Gasteiger partial charge in [0.1, 0.15) is 11.6 Å². The van der Waals surface area contributed by atoms with Crippen molar-refractivity contribution in [2.24, 2.45) is 0 Å². The molecule has 1 nitrogen and oxygen atoms in total. The Morgan fingerprint density at radius 3 is 2.39 bits per heavy atom. The molecule has 94 valence electrons. The van der Waals surface area contributed by atoms with Crippen LogP contribution >= 0.6 is 15.9 Å². The van der Waals surface area contributed by atoms with Gasteiger partial charge in [0.2, 0.25) is 0 Å². The van der Waals surface area contributed by atoms with E-state index >= 15 is 0 Å². The van der Waals surface area contributed by atoms with E-state index in [1.54, 1.807) is 19.2 Å². The average molecular weight is 309 g/mol. The molecule has 0 spiro atoms. The molecule has 1 atom stereocenters. The van der Waals surface area contributed by atoms with Gasteiger partial charge >= 0.3 is 0 Å². The van der Waals surface area contributed by atoms with Crippen molar-refractivity contribution in [3.63, 3.8) is 0 Å². The molecule has 0 aliphatic heterocycles. The van der Waals surface area contributed by atoms with Crippen LogP contribution in [0.15, 0.2) is 42.5 Å². The maximum absolute atomic E-state index is 13.9. The first kappa shape index (κ1) is 13.1. The topological polar surface area (TPSA) is 9.23 Å². The van der Waals surface area contributed by atoms with Crippen molar-refractivity contribution in [2.45, 2.75) is 11.8 Å². The van der Waals surface area contributed by atoms with E-state index in [4.69, 9.17) is 4.74 Å². The van der Waals surface area contributed by atoms with Crippen LogP contribution < -0.4 is 4.74 Å². The largest absolute Gasteiger partial charge is 0.496 e. The van der Waals surface area contributed by atoms with Crippen LogP contribution in [-0.2, 0) is 0 Å². The minimum Gasteiger partial charge on any atom is -0.496 e. The van der Waals surface area contributed by atoms with Gasteiger partial charge in [-0.25, -0.2) is 4.39 Å². The van der Waals surface area contributed by atoms with Gasteiger partial charge in [-0.1, -0.05) is 51.8 Å². The van der Waals surface area contributed by atoms with Crippen molar-refractivity contribution in [3.05, 3.63) is 65.0 Å². The predicted molar refractivity (Wildman–Crippen MR) is 74.9 cm³/mol. The lowest BCUT2D eigenvalue weighted by molar-refractivity contribution is 0.405. The van der Waals surface area contributed by atoms with Gasteiger partial charge in [0.25, 0.3) is 0 Å². The third kappa shape index (κ3) is 2.56. The molecule has 0 fully saturated rings. The first-order valence-corrected chi connectivity index (χ1v) is 6.58.